The normalized spacial score (nSPS) is 24.3. The lowest BCUT2D eigenvalue weighted by Crippen LogP contribution is -2.60. The number of methoxy groups -OCH3 is 2. The Morgan fingerprint density at radius 1 is 0.943 bits per heavy atom. The summed E-state index contributed by atoms with van der Waals surface area (Å²) in [7, 11) is 2.63. The molecule has 0 spiro atoms. The van der Waals surface area contributed by atoms with Crippen molar-refractivity contribution in [3.05, 3.63) is 40.6 Å². The van der Waals surface area contributed by atoms with E-state index in [9.17, 15) is 35.4 Å². The molecule has 188 valence electrons. The molecule has 35 heavy (non-hydrogen) atoms. The molecule has 1 aliphatic heterocycles. The fraction of sp³-hybridized carbons (Fsp3) is 0.348. The molecule has 1 aliphatic rings. The molecule has 0 radical (unpaired) electrons. The molecule has 6 N–H and O–H groups in total. The van der Waals surface area contributed by atoms with E-state index < -0.39 is 48.5 Å². The third-order valence-electron chi connectivity index (χ3n) is 5.66. The average Bonchev–Trinajstić information content (AvgIpc) is 2.84. The highest BCUT2D eigenvalue weighted by atomic mass is 16.7. The van der Waals surface area contributed by atoms with E-state index >= 15 is 0 Å². The van der Waals surface area contributed by atoms with Crippen LogP contribution in [0.3, 0.4) is 0 Å². The van der Waals surface area contributed by atoms with Gasteiger partial charge in [-0.25, -0.2) is 0 Å². The van der Waals surface area contributed by atoms with Gasteiger partial charge in [0, 0.05) is 17.7 Å². The molecule has 0 amide bonds. The Kier molecular flexibility index (Phi) is 6.74. The Morgan fingerprint density at radius 2 is 1.69 bits per heavy atom. The van der Waals surface area contributed by atoms with Gasteiger partial charge in [0.05, 0.1) is 20.8 Å². The number of aliphatic hydroxyl groups is 4. The highest BCUT2D eigenvalue weighted by Crippen LogP contribution is 2.39. The number of ether oxygens (including phenoxy) is 4. The fourth-order valence-corrected chi connectivity index (χ4v) is 3.80. The zero-order chi connectivity index (χ0) is 25.4. The second-order valence-corrected chi connectivity index (χ2v) is 7.81. The van der Waals surface area contributed by atoms with Crippen molar-refractivity contribution in [2.45, 2.75) is 30.7 Å². The molecule has 1 aromatic heterocycles. The van der Waals surface area contributed by atoms with E-state index in [0.29, 0.717) is 0 Å². The SMILES string of the molecule is COc1cc(O)c2c(=O)c(OC)c(-c3ccc(O[C@@H]4OC(CO)[C@@H](O)C(O)C4O)c(O)c3)oc2c1. The third-order valence-corrected chi connectivity index (χ3v) is 5.66. The summed E-state index contributed by atoms with van der Waals surface area (Å²) in [6, 6.07) is 6.59. The predicted octanol–water partition coefficient (Wildman–Crippen LogP) is 0.0671. The van der Waals surface area contributed by atoms with Crippen molar-refractivity contribution >= 4 is 11.0 Å². The smallest absolute Gasteiger partial charge is 0.239 e. The molecule has 0 bridgehead atoms. The van der Waals surface area contributed by atoms with Gasteiger partial charge in [0.25, 0.3) is 0 Å². The van der Waals surface area contributed by atoms with Crippen LogP contribution in [0.1, 0.15) is 0 Å². The molecule has 1 fully saturated rings. The van der Waals surface area contributed by atoms with Gasteiger partial charge in [-0.15, -0.1) is 0 Å². The lowest BCUT2D eigenvalue weighted by Gasteiger charge is -2.39. The van der Waals surface area contributed by atoms with Gasteiger partial charge >= 0.3 is 0 Å². The molecule has 4 rings (SSSR count). The molecule has 0 saturated carbocycles. The van der Waals surface area contributed by atoms with Crippen LogP contribution >= 0.6 is 0 Å². The Labute approximate surface area is 197 Å². The minimum atomic E-state index is -1.67. The highest BCUT2D eigenvalue weighted by Gasteiger charge is 2.45. The quantitative estimate of drug-likeness (QED) is 0.272. The van der Waals surface area contributed by atoms with E-state index in [1.807, 2.05) is 0 Å². The molecule has 3 aromatic rings. The first-order valence-corrected chi connectivity index (χ1v) is 10.4. The van der Waals surface area contributed by atoms with Crippen LogP contribution in [0.4, 0.5) is 0 Å². The lowest BCUT2D eigenvalue weighted by molar-refractivity contribution is -0.277. The summed E-state index contributed by atoms with van der Waals surface area (Å²) in [6.07, 6.45) is -7.59. The first-order valence-electron chi connectivity index (χ1n) is 10.4. The van der Waals surface area contributed by atoms with Gasteiger partial charge in [-0.2, -0.15) is 0 Å². The van der Waals surface area contributed by atoms with Crippen LogP contribution in [0.25, 0.3) is 22.3 Å². The Balaban J connectivity index is 1.71. The van der Waals surface area contributed by atoms with E-state index in [1.165, 1.54) is 44.6 Å². The number of aliphatic hydroxyl groups excluding tert-OH is 4. The van der Waals surface area contributed by atoms with Gasteiger partial charge in [0.1, 0.15) is 46.9 Å². The van der Waals surface area contributed by atoms with Crippen molar-refractivity contribution in [2.75, 3.05) is 20.8 Å². The van der Waals surface area contributed by atoms with Crippen LogP contribution < -0.4 is 19.6 Å². The van der Waals surface area contributed by atoms with E-state index in [1.54, 1.807) is 0 Å². The Hall–Kier alpha value is -3.55. The van der Waals surface area contributed by atoms with Crippen LogP contribution in [0.15, 0.2) is 39.5 Å². The first-order chi connectivity index (χ1) is 16.7. The summed E-state index contributed by atoms with van der Waals surface area (Å²) in [5.74, 6) is -0.992. The minimum Gasteiger partial charge on any atom is -0.507 e. The number of fused-ring (bicyclic) bond motifs is 1. The summed E-state index contributed by atoms with van der Waals surface area (Å²) in [6.45, 7) is -0.642. The highest BCUT2D eigenvalue weighted by molar-refractivity contribution is 5.88. The van der Waals surface area contributed by atoms with Crippen LogP contribution in [-0.2, 0) is 4.74 Å². The van der Waals surface area contributed by atoms with Gasteiger partial charge < -0.3 is 54.0 Å². The first kappa shape index (κ1) is 24.6. The van der Waals surface area contributed by atoms with Crippen LogP contribution in [0, 0.1) is 0 Å². The molecule has 12 heteroatoms. The fourth-order valence-electron chi connectivity index (χ4n) is 3.80. The largest absolute Gasteiger partial charge is 0.507 e. The monoisotopic (exact) mass is 492 g/mol. The molecule has 2 aromatic carbocycles. The zero-order valence-corrected chi connectivity index (χ0v) is 18.6. The van der Waals surface area contributed by atoms with Gasteiger partial charge in [0.15, 0.2) is 17.3 Å². The summed E-state index contributed by atoms with van der Waals surface area (Å²) < 4.78 is 26.9. The number of phenolic OH excluding ortho intramolecular Hbond substituents is 2. The van der Waals surface area contributed by atoms with Crippen LogP contribution in [-0.4, -0.2) is 82.2 Å². The topological polar surface area (TPSA) is 189 Å². The Bertz CT molecular complexity index is 1280. The van der Waals surface area contributed by atoms with Crippen molar-refractivity contribution < 1.29 is 54.0 Å². The molecule has 5 atom stereocenters. The van der Waals surface area contributed by atoms with Crippen LogP contribution in [0.5, 0.6) is 28.7 Å². The number of hydrogen-bond donors (Lipinski definition) is 6. The maximum absolute atomic E-state index is 13.0. The van der Waals surface area contributed by atoms with Gasteiger partial charge in [-0.1, -0.05) is 0 Å². The maximum atomic E-state index is 13.0. The van der Waals surface area contributed by atoms with E-state index in [2.05, 4.69) is 0 Å². The summed E-state index contributed by atoms with van der Waals surface area (Å²) in [5, 5.41) is 59.9. The van der Waals surface area contributed by atoms with E-state index in [4.69, 9.17) is 23.4 Å². The number of aromatic hydroxyl groups is 2. The number of rotatable bonds is 6. The second-order valence-electron chi connectivity index (χ2n) is 7.81. The summed E-state index contributed by atoms with van der Waals surface area (Å²) in [4.78, 5) is 13.0. The van der Waals surface area contributed by atoms with Gasteiger partial charge in [-0.3, -0.25) is 4.79 Å². The van der Waals surface area contributed by atoms with Crippen molar-refractivity contribution in [3.63, 3.8) is 0 Å². The molecular formula is C23H24O12. The predicted molar refractivity (Wildman–Crippen MR) is 119 cm³/mol. The average molecular weight is 492 g/mol. The number of hydrogen-bond acceptors (Lipinski definition) is 12. The molecule has 3 unspecified atom stereocenters. The summed E-state index contributed by atoms with van der Waals surface area (Å²) in [5.41, 5.74) is -0.421. The van der Waals surface area contributed by atoms with Gasteiger partial charge in [-0.05, 0) is 18.2 Å². The molecule has 2 heterocycles. The van der Waals surface area contributed by atoms with Crippen molar-refractivity contribution in [1.82, 2.24) is 0 Å². The zero-order valence-electron chi connectivity index (χ0n) is 18.6. The molecule has 12 nitrogen and oxygen atoms in total. The Morgan fingerprint density at radius 3 is 2.31 bits per heavy atom. The minimum absolute atomic E-state index is 0.0174. The molecule has 0 aliphatic carbocycles. The van der Waals surface area contributed by atoms with E-state index in [-0.39, 0.29) is 45.3 Å². The van der Waals surface area contributed by atoms with Crippen molar-refractivity contribution in [1.29, 1.82) is 0 Å². The molecule has 1 saturated heterocycles. The maximum Gasteiger partial charge on any atom is 0.239 e. The van der Waals surface area contributed by atoms with Crippen LogP contribution in [0.2, 0.25) is 0 Å². The number of phenols is 2. The van der Waals surface area contributed by atoms with E-state index in [0.717, 1.165) is 0 Å². The van der Waals surface area contributed by atoms with Gasteiger partial charge in [0.2, 0.25) is 17.5 Å². The second kappa shape index (κ2) is 9.60. The molecular weight excluding hydrogens is 468 g/mol. The van der Waals surface area contributed by atoms with Crippen molar-refractivity contribution in [2.24, 2.45) is 0 Å². The lowest BCUT2D eigenvalue weighted by atomic mass is 9.99. The van der Waals surface area contributed by atoms with Crippen molar-refractivity contribution in [3.8, 4) is 40.1 Å². The standard InChI is InChI=1S/C23H24O12/c1-31-10-6-12(26)16-14(7-10)33-21(22(32-2)18(16)28)9-3-4-13(11(25)5-9)34-23-20(30)19(29)17(27)15(8-24)35-23/h3-7,15,17,19-20,23-27,29-30H,8H2,1-2H3/t15?,17-,19?,20?,23-/m1/s1. The third kappa shape index (κ3) is 4.33. The number of benzene rings is 2. The summed E-state index contributed by atoms with van der Waals surface area (Å²) >= 11 is 0.